The highest BCUT2D eigenvalue weighted by Gasteiger charge is 2.29. The van der Waals surface area contributed by atoms with Gasteiger partial charge in [0.1, 0.15) is 0 Å². The molecule has 0 radical (unpaired) electrons. The third kappa shape index (κ3) is 6.07. The molecule has 1 aliphatic carbocycles. The quantitative estimate of drug-likeness (QED) is 0.565. The van der Waals surface area contributed by atoms with Gasteiger partial charge in [0.15, 0.2) is 0 Å². The fraction of sp³-hybridized carbons (Fsp3) is 0.348. The van der Waals surface area contributed by atoms with Crippen LogP contribution in [0.1, 0.15) is 35.1 Å². The van der Waals surface area contributed by atoms with Crippen molar-refractivity contribution in [2.24, 2.45) is 5.92 Å². The van der Waals surface area contributed by atoms with Gasteiger partial charge in [0.05, 0.1) is 6.54 Å². The Bertz CT molecular complexity index is 944. The van der Waals surface area contributed by atoms with Crippen LogP contribution in [0.15, 0.2) is 36.4 Å². The summed E-state index contributed by atoms with van der Waals surface area (Å²) in [6.07, 6.45) is 1.90. The SMILES string of the molecule is Cc1cc(C)c(NC(=O)CNC(=O)NCc2cccc(NC(=O)C3CC3)c2)c(C)c1. The number of hydrogen-bond acceptors (Lipinski definition) is 3. The Labute approximate surface area is 176 Å². The van der Waals surface area contributed by atoms with Crippen LogP contribution in [0.2, 0.25) is 0 Å². The van der Waals surface area contributed by atoms with Crippen LogP contribution in [0.4, 0.5) is 16.2 Å². The monoisotopic (exact) mass is 408 g/mol. The molecular weight excluding hydrogens is 380 g/mol. The fourth-order valence-electron chi connectivity index (χ4n) is 3.32. The second kappa shape index (κ2) is 9.43. The summed E-state index contributed by atoms with van der Waals surface area (Å²) < 4.78 is 0. The second-order valence-electron chi connectivity index (χ2n) is 7.82. The lowest BCUT2D eigenvalue weighted by Crippen LogP contribution is -2.39. The molecule has 30 heavy (non-hydrogen) atoms. The zero-order chi connectivity index (χ0) is 21.7. The van der Waals surface area contributed by atoms with E-state index in [-0.39, 0.29) is 30.8 Å². The highest BCUT2D eigenvalue weighted by Crippen LogP contribution is 2.30. The van der Waals surface area contributed by atoms with Gasteiger partial charge in [-0.25, -0.2) is 4.79 Å². The third-order valence-corrected chi connectivity index (χ3v) is 4.95. The minimum atomic E-state index is -0.435. The molecule has 0 spiro atoms. The van der Waals surface area contributed by atoms with Crippen molar-refractivity contribution in [1.29, 1.82) is 0 Å². The predicted octanol–water partition coefficient (Wildman–Crippen LogP) is 3.40. The van der Waals surface area contributed by atoms with Gasteiger partial charge in [-0.1, -0.05) is 29.8 Å². The van der Waals surface area contributed by atoms with E-state index in [9.17, 15) is 14.4 Å². The molecule has 1 aliphatic rings. The number of anilines is 2. The number of hydrogen-bond donors (Lipinski definition) is 4. The molecule has 0 aromatic heterocycles. The molecule has 2 aromatic carbocycles. The number of carbonyl (C=O) groups is 3. The number of benzene rings is 2. The van der Waals surface area contributed by atoms with Gasteiger partial charge in [0.25, 0.3) is 0 Å². The number of aryl methyl sites for hydroxylation is 3. The van der Waals surface area contributed by atoms with E-state index in [2.05, 4.69) is 21.3 Å². The van der Waals surface area contributed by atoms with Crippen molar-refractivity contribution >= 4 is 29.2 Å². The van der Waals surface area contributed by atoms with E-state index in [1.54, 1.807) is 0 Å². The van der Waals surface area contributed by atoms with Gasteiger partial charge in [0, 0.05) is 23.8 Å². The Hall–Kier alpha value is -3.35. The molecule has 0 unspecified atom stereocenters. The molecule has 1 saturated carbocycles. The van der Waals surface area contributed by atoms with Crippen LogP contribution in [0.3, 0.4) is 0 Å². The van der Waals surface area contributed by atoms with Gasteiger partial charge in [0.2, 0.25) is 11.8 Å². The van der Waals surface area contributed by atoms with Crippen LogP contribution in [-0.2, 0) is 16.1 Å². The molecule has 1 fully saturated rings. The van der Waals surface area contributed by atoms with Crippen molar-refractivity contribution in [3.05, 3.63) is 58.7 Å². The molecule has 0 heterocycles. The smallest absolute Gasteiger partial charge is 0.315 e. The van der Waals surface area contributed by atoms with E-state index in [1.165, 1.54) is 0 Å². The molecule has 2 aromatic rings. The molecule has 7 nitrogen and oxygen atoms in total. The molecule has 0 bridgehead atoms. The van der Waals surface area contributed by atoms with Gasteiger partial charge in [-0.2, -0.15) is 0 Å². The zero-order valence-corrected chi connectivity index (χ0v) is 17.6. The molecule has 7 heteroatoms. The Morgan fingerprint density at radius 1 is 0.933 bits per heavy atom. The van der Waals surface area contributed by atoms with Gasteiger partial charge in [-0.15, -0.1) is 0 Å². The number of nitrogens with one attached hydrogen (secondary N) is 4. The van der Waals surface area contributed by atoms with E-state index < -0.39 is 6.03 Å². The average Bonchev–Trinajstić information content (AvgIpc) is 3.53. The summed E-state index contributed by atoms with van der Waals surface area (Å²) in [5, 5.41) is 11.0. The van der Waals surface area contributed by atoms with E-state index in [1.807, 2.05) is 57.2 Å². The summed E-state index contributed by atoms with van der Waals surface area (Å²) in [6.45, 7) is 6.05. The highest BCUT2D eigenvalue weighted by molar-refractivity contribution is 5.96. The molecule has 3 rings (SSSR count). The molecule has 158 valence electrons. The normalized spacial score (nSPS) is 12.8. The maximum absolute atomic E-state index is 12.2. The maximum atomic E-state index is 12.2. The first kappa shape index (κ1) is 21.4. The maximum Gasteiger partial charge on any atom is 0.315 e. The summed E-state index contributed by atoms with van der Waals surface area (Å²) in [6, 6.07) is 10.9. The van der Waals surface area contributed by atoms with Crippen LogP contribution >= 0.6 is 0 Å². The van der Waals surface area contributed by atoms with Gasteiger partial charge >= 0.3 is 6.03 Å². The lowest BCUT2D eigenvalue weighted by molar-refractivity contribution is -0.117. The summed E-state index contributed by atoms with van der Waals surface area (Å²) in [5.41, 5.74) is 5.45. The minimum Gasteiger partial charge on any atom is -0.334 e. The summed E-state index contributed by atoms with van der Waals surface area (Å²) in [5.74, 6) is -0.107. The largest absolute Gasteiger partial charge is 0.334 e. The van der Waals surface area contributed by atoms with Crippen molar-refractivity contribution in [3.63, 3.8) is 0 Å². The van der Waals surface area contributed by atoms with Crippen LogP contribution in [0.25, 0.3) is 0 Å². The van der Waals surface area contributed by atoms with Gasteiger partial charge in [-0.3, -0.25) is 9.59 Å². The van der Waals surface area contributed by atoms with Crippen molar-refractivity contribution in [2.75, 3.05) is 17.2 Å². The van der Waals surface area contributed by atoms with Crippen molar-refractivity contribution in [2.45, 2.75) is 40.2 Å². The molecule has 4 N–H and O–H groups in total. The Morgan fingerprint density at radius 3 is 2.30 bits per heavy atom. The highest BCUT2D eigenvalue weighted by atomic mass is 16.2. The molecular formula is C23H28N4O3. The van der Waals surface area contributed by atoms with Gasteiger partial charge in [-0.05, 0) is 62.4 Å². The number of urea groups is 1. The number of carbonyl (C=O) groups excluding carboxylic acids is 3. The first-order chi connectivity index (χ1) is 14.3. The first-order valence-electron chi connectivity index (χ1n) is 10.1. The summed E-state index contributed by atoms with van der Waals surface area (Å²) >= 11 is 0. The first-order valence-corrected chi connectivity index (χ1v) is 10.1. The average molecular weight is 409 g/mol. The van der Waals surface area contributed by atoms with Crippen molar-refractivity contribution in [3.8, 4) is 0 Å². The molecule has 0 aliphatic heterocycles. The second-order valence-corrected chi connectivity index (χ2v) is 7.82. The Morgan fingerprint density at radius 2 is 1.63 bits per heavy atom. The zero-order valence-electron chi connectivity index (χ0n) is 17.6. The lowest BCUT2D eigenvalue weighted by atomic mass is 10.1. The summed E-state index contributed by atoms with van der Waals surface area (Å²) in [4.78, 5) is 36.1. The van der Waals surface area contributed by atoms with E-state index in [4.69, 9.17) is 0 Å². The molecule has 0 atom stereocenters. The van der Waals surface area contributed by atoms with Gasteiger partial charge < -0.3 is 21.3 Å². The van der Waals surface area contributed by atoms with E-state index in [0.717, 1.165) is 46.5 Å². The topological polar surface area (TPSA) is 99.3 Å². The fourth-order valence-corrected chi connectivity index (χ4v) is 3.32. The van der Waals surface area contributed by atoms with Crippen LogP contribution in [-0.4, -0.2) is 24.4 Å². The van der Waals surface area contributed by atoms with Crippen LogP contribution in [0, 0.1) is 26.7 Å². The number of amides is 4. The van der Waals surface area contributed by atoms with E-state index in [0.29, 0.717) is 0 Å². The summed E-state index contributed by atoms with van der Waals surface area (Å²) in [7, 11) is 0. The predicted molar refractivity (Wildman–Crippen MR) is 117 cm³/mol. The minimum absolute atomic E-state index is 0.0444. The number of rotatable bonds is 7. The standard InChI is InChI=1S/C23H28N4O3/c1-14-9-15(2)21(16(3)10-14)27-20(28)13-25-23(30)24-12-17-5-4-6-19(11-17)26-22(29)18-7-8-18/h4-6,9-11,18H,7-8,12-13H2,1-3H3,(H,26,29)(H,27,28)(H2,24,25,30). The molecule has 0 saturated heterocycles. The lowest BCUT2D eigenvalue weighted by Gasteiger charge is -2.13. The third-order valence-electron chi connectivity index (χ3n) is 4.95. The van der Waals surface area contributed by atoms with Crippen LogP contribution in [0.5, 0.6) is 0 Å². The molecule has 4 amide bonds. The van der Waals surface area contributed by atoms with Crippen LogP contribution < -0.4 is 21.3 Å². The van der Waals surface area contributed by atoms with E-state index >= 15 is 0 Å². The van der Waals surface area contributed by atoms with Crippen molar-refractivity contribution in [1.82, 2.24) is 10.6 Å². The Balaban J connectivity index is 1.43. The van der Waals surface area contributed by atoms with Crippen molar-refractivity contribution < 1.29 is 14.4 Å². The Kier molecular flexibility index (Phi) is 6.72.